The third-order valence-electron chi connectivity index (χ3n) is 7.64. The van der Waals surface area contributed by atoms with E-state index >= 15 is 0 Å². The van der Waals surface area contributed by atoms with Gasteiger partial charge in [-0.15, -0.1) is 0 Å². The van der Waals surface area contributed by atoms with Gasteiger partial charge in [-0.3, -0.25) is 0 Å². The Balaban J connectivity index is 1.61. The van der Waals surface area contributed by atoms with E-state index in [1.54, 1.807) is 0 Å². The lowest BCUT2D eigenvalue weighted by Crippen LogP contribution is -2.35. The number of hydrogen-bond donors (Lipinski definition) is 0. The number of unbranched alkanes of at least 4 members (excludes halogenated alkanes) is 2. The molecule has 4 heteroatoms. The molecule has 4 rings (SSSR count). The van der Waals surface area contributed by atoms with Gasteiger partial charge in [-0.05, 0) is 83.3 Å². The zero-order chi connectivity index (χ0) is 31.4. The number of rotatable bonds is 16. The van der Waals surface area contributed by atoms with Crippen LogP contribution in [0.2, 0.25) is 0 Å². The molecule has 0 aliphatic carbocycles. The fourth-order valence-electron chi connectivity index (χ4n) is 5.31. The topological polar surface area (TPSA) is 18.5 Å². The first-order chi connectivity index (χ1) is 21.1. The van der Waals surface area contributed by atoms with Gasteiger partial charge in [0.2, 0.25) is 0 Å². The predicted octanol–water partition coefficient (Wildman–Crippen LogP) is 8.42. The molecule has 0 saturated heterocycles. The zero-order valence-electron chi connectivity index (χ0n) is 27.8. The second kappa shape index (κ2) is 15.7. The summed E-state index contributed by atoms with van der Waals surface area (Å²) in [4.78, 5) is 0. The summed E-state index contributed by atoms with van der Waals surface area (Å²) in [6.07, 6.45) is 4.42. The Kier molecular flexibility index (Phi) is 11.8. The fourth-order valence-corrected chi connectivity index (χ4v) is 5.31. The number of nitrogens with zero attached hydrogens (tertiary/aromatic N) is 2. The van der Waals surface area contributed by atoms with E-state index in [2.05, 4.69) is 151 Å². The van der Waals surface area contributed by atoms with E-state index in [9.17, 15) is 0 Å². The number of ether oxygens (including phenoxy) is 2. The SMILES string of the molecule is C[N+](C)(C)CCCCOc1ccc(/C(=C(\c2ccccc2)c2ccc(OCCCC[N+](C)(C)C)cc2)c2ccccc2)cc1. The maximum absolute atomic E-state index is 6.13. The highest BCUT2D eigenvalue weighted by molar-refractivity contribution is 6.04. The molecule has 0 bridgehead atoms. The van der Waals surface area contributed by atoms with Gasteiger partial charge in [0, 0.05) is 0 Å². The molecule has 4 aromatic rings. The molecule has 0 unspecified atom stereocenters. The van der Waals surface area contributed by atoms with Crippen LogP contribution < -0.4 is 9.47 Å². The summed E-state index contributed by atoms with van der Waals surface area (Å²) in [5.41, 5.74) is 7.06. The molecule has 0 aliphatic heterocycles. The summed E-state index contributed by atoms with van der Waals surface area (Å²) in [6.45, 7) is 3.78. The molecule has 0 fully saturated rings. The van der Waals surface area contributed by atoms with E-state index in [0.717, 1.165) is 83.6 Å². The van der Waals surface area contributed by atoms with E-state index in [0.29, 0.717) is 0 Å². The molecule has 0 radical (unpaired) electrons. The molecule has 0 aromatic heterocycles. The van der Waals surface area contributed by atoms with Gasteiger partial charge in [0.1, 0.15) is 11.5 Å². The fraction of sp³-hybridized carbons (Fsp3) is 0.350. The highest BCUT2D eigenvalue weighted by atomic mass is 16.5. The van der Waals surface area contributed by atoms with Gasteiger partial charge in [0.25, 0.3) is 0 Å². The van der Waals surface area contributed by atoms with Crippen molar-refractivity contribution in [3.63, 3.8) is 0 Å². The van der Waals surface area contributed by atoms with Crippen LogP contribution in [0.1, 0.15) is 47.9 Å². The van der Waals surface area contributed by atoms with E-state index < -0.39 is 0 Å². The summed E-state index contributed by atoms with van der Waals surface area (Å²) in [7, 11) is 13.4. The smallest absolute Gasteiger partial charge is 0.119 e. The first-order valence-corrected chi connectivity index (χ1v) is 16.0. The molecule has 232 valence electrons. The molecular weight excluding hydrogens is 540 g/mol. The van der Waals surface area contributed by atoms with Crippen molar-refractivity contribution in [2.45, 2.75) is 25.7 Å². The number of hydrogen-bond acceptors (Lipinski definition) is 2. The van der Waals surface area contributed by atoms with Crippen molar-refractivity contribution in [3.05, 3.63) is 131 Å². The van der Waals surface area contributed by atoms with Crippen molar-refractivity contribution in [2.24, 2.45) is 0 Å². The molecule has 4 nitrogen and oxygen atoms in total. The molecule has 0 saturated carbocycles. The van der Waals surface area contributed by atoms with Crippen LogP contribution in [0.25, 0.3) is 11.1 Å². The Hall–Kier alpha value is -3.86. The van der Waals surface area contributed by atoms with Gasteiger partial charge in [-0.25, -0.2) is 0 Å². The quantitative estimate of drug-likeness (QED) is 0.0739. The highest BCUT2D eigenvalue weighted by Crippen LogP contribution is 2.37. The second-order valence-corrected chi connectivity index (χ2v) is 13.7. The van der Waals surface area contributed by atoms with Crippen molar-refractivity contribution < 1.29 is 18.4 Å². The minimum Gasteiger partial charge on any atom is -0.494 e. The normalized spacial score (nSPS) is 12.5. The lowest BCUT2D eigenvalue weighted by Gasteiger charge is -2.23. The Morgan fingerprint density at radius 1 is 0.409 bits per heavy atom. The van der Waals surface area contributed by atoms with Gasteiger partial charge < -0.3 is 18.4 Å². The van der Waals surface area contributed by atoms with E-state index in [1.807, 2.05) is 0 Å². The van der Waals surface area contributed by atoms with Gasteiger partial charge in [-0.2, -0.15) is 0 Å². The van der Waals surface area contributed by atoms with E-state index in [4.69, 9.17) is 9.47 Å². The van der Waals surface area contributed by atoms with Crippen LogP contribution in [-0.2, 0) is 0 Å². The van der Waals surface area contributed by atoms with Crippen LogP contribution in [0.3, 0.4) is 0 Å². The minimum absolute atomic E-state index is 0.736. The lowest BCUT2D eigenvalue weighted by atomic mass is 9.86. The van der Waals surface area contributed by atoms with Crippen LogP contribution in [0, 0.1) is 0 Å². The van der Waals surface area contributed by atoms with Crippen LogP contribution >= 0.6 is 0 Å². The van der Waals surface area contributed by atoms with E-state index in [-0.39, 0.29) is 0 Å². The standard InChI is InChI=1S/C40H52N2O2/c1-41(2,3)29-13-15-31-43-37-25-21-35(22-26-37)39(33-17-9-7-10-18-33)40(34-19-11-8-12-20-34)36-23-27-38(28-24-36)44-32-16-14-30-42(4,5)6/h7-12,17-28H,13-16,29-32H2,1-6H3/q+2/b40-39+. The molecule has 0 heterocycles. The third-order valence-corrected chi connectivity index (χ3v) is 7.64. The van der Waals surface area contributed by atoms with Crippen LogP contribution in [0.5, 0.6) is 11.5 Å². The summed E-state index contributed by atoms with van der Waals surface area (Å²) >= 11 is 0. The second-order valence-electron chi connectivity index (χ2n) is 13.7. The van der Waals surface area contributed by atoms with Crippen LogP contribution in [-0.4, -0.2) is 77.6 Å². The average Bonchev–Trinajstić information content (AvgIpc) is 3.00. The van der Waals surface area contributed by atoms with Gasteiger partial charge in [0.15, 0.2) is 0 Å². The Labute approximate surface area is 266 Å². The summed E-state index contributed by atoms with van der Waals surface area (Å²) < 4.78 is 14.2. The Morgan fingerprint density at radius 3 is 1.05 bits per heavy atom. The highest BCUT2D eigenvalue weighted by Gasteiger charge is 2.17. The Bertz CT molecular complexity index is 1320. The van der Waals surface area contributed by atoms with E-state index in [1.165, 1.54) is 22.3 Å². The number of quaternary nitrogens is 2. The van der Waals surface area contributed by atoms with Crippen LogP contribution in [0.4, 0.5) is 0 Å². The maximum Gasteiger partial charge on any atom is 0.119 e. The molecule has 4 aromatic carbocycles. The monoisotopic (exact) mass is 592 g/mol. The first-order valence-electron chi connectivity index (χ1n) is 16.0. The lowest BCUT2D eigenvalue weighted by molar-refractivity contribution is -0.870. The zero-order valence-corrected chi connectivity index (χ0v) is 27.8. The number of benzene rings is 4. The van der Waals surface area contributed by atoms with Crippen molar-refractivity contribution in [1.29, 1.82) is 0 Å². The maximum atomic E-state index is 6.13. The summed E-state index contributed by atoms with van der Waals surface area (Å²) in [5.74, 6) is 1.83. The predicted molar refractivity (Wildman–Crippen MR) is 186 cm³/mol. The summed E-state index contributed by atoms with van der Waals surface area (Å²) in [6, 6.07) is 38.6. The molecule has 0 N–H and O–H groups in total. The van der Waals surface area contributed by atoms with Gasteiger partial charge in [0.05, 0.1) is 68.6 Å². The van der Waals surface area contributed by atoms with Crippen LogP contribution in [0.15, 0.2) is 109 Å². The van der Waals surface area contributed by atoms with Crippen molar-refractivity contribution >= 4 is 11.1 Å². The van der Waals surface area contributed by atoms with Crippen molar-refractivity contribution in [3.8, 4) is 11.5 Å². The largest absolute Gasteiger partial charge is 0.494 e. The Morgan fingerprint density at radius 2 is 0.727 bits per heavy atom. The van der Waals surface area contributed by atoms with Crippen molar-refractivity contribution in [1.82, 2.24) is 0 Å². The summed E-state index contributed by atoms with van der Waals surface area (Å²) in [5, 5.41) is 0. The first kappa shape index (κ1) is 33.0. The minimum atomic E-state index is 0.736. The van der Waals surface area contributed by atoms with Gasteiger partial charge >= 0.3 is 0 Å². The average molecular weight is 593 g/mol. The molecular formula is C40H52N2O2+2. The molecule has 0 amide bonds. The van der Waals surface area contributed by atoms with Crippen molar-refractivity contribution in [2.75, 3.05) is 68.6 Å². The molecule has 0 atom stereocenters. The third kappa shape index (κ3) is 10.7. The van der Waals surface area contributed by atoms with Gasteiger partial charge in [-0.1, -0.05) is 84.9 Å². The molecule has 0 aliphatic rings. The molecule has 0 spiro atoms. The molecule has 44 heavy (non-hydrogen) atoms.